The molecular weight excluding hydrogens is 220 g/mol. The van der Waals surface area contributed by atoms with Gasteiger partial charge in [-0.2, -0.15) is 0 Å². The quantitative estimate of drug-likeness (QED) is 0.657. The summed E-state index contributed by atoms with van der Waals surface area (Å²) in [6.45, 7) is 2.53. The summed E-state index contributed by atoms with van der Waals surface area (Å²) in [5.41, 5.74) is 0.395. The summed E-state index contributed by atoms with van der Waals surface area (Å²) in [7, 11) is 0. The zero-order valence-corrected chi connectivity index (χ0v) is 9.69. The molecule has 0 radical (unpaired) electrons. The van der Waals surface area contributed by atoms with Crippen LogP contribution in [0.5, 0.6) is 5.75 Å². The second kappa shape index (κ2) is 6.52. The topological polar surface area (TPSA) is 78.4 Å². The minimum Gasteiger partial charge on any atom is -0.508 e. The lowest BCUT2D eigenvalue weighted by atomic mass is 10.2. The van der Waals surface area contributed by atoms with E-state index in [0.29, 0.717) is 25.1 Å². The summed E-state index contributed by atoms with van der Waals surface area (Å²) in [4.78, 5) is 22.5. The minimum atomic E-state index is -0.272. The van der Waals surface area contributed by atoms with Crippen molar-refractivity contribution in [3.05, 3.63) is 29.8 Å². The number of hydrogen-bond acceptors (Lipinski definition) is 3. The molecule has 1 aromatic carbocycles. The number of aromatic hydroxyl groups is 1. The molecule has 5 heteroatoms. The Morgan fingerprint density at radius 3 is 2.59 bits per heavy atom. The van der Waals surface area contributed by atoms with Crippen molar-refractivity contribution in [2.75, 3.05) is 13.1 Å². The van der Waals surface area contributed by atoms with Crippen molar-refractivity contribution >= 4 is 11.8 Å². The standard InChI is InChI=1S/C12H16N2O3/c1-2-11(16)13-6-7-14-12(17)9-4-3-5-10(15)8-9/h3-5,8,15H,2,6-7H2,1H3,(H,13,16)(H,14,17). The van der Waals surface area contributed by atoms with Gasteiger partial charge in [0.2, 0.25) is 5.91 Å². The zero-order valence-electron chi connectivity index (χ0n) is 9.69. The third kappa shape index (κ3) is 4.55. The average Bonchev–Trinajstić information content (AvgIpc) is 2.34. The maximum atomic E-state index is 11.6. The summed E-state index contributed by atoms with van der Waals surface area (Å²) in [5.74, 6) is -0.264. The Morgan fingerprint density at radius 2 is 1.94 bits per heavy atom. The second-order valence-corrected chi connectivity index (χ2v) is 3.51. The lowest BCUT2D eigenvalue weighted by Gasteiger charge is -2.06. The predicted octanol–water partition coefficient (Wildman–Crippen LogP) is 0.648. The normalized spacial score (nSPS) is 9.71. The molecule has 1 aromatic rings. The van der Waals surface area contributed by atoms with Gasteiger partial charge in [-0.3, -0.25) is 9.59 Å². The van der Waals surface area contributed by atoms with Crippen LogP contribution >= 0.6 is 0 Å². The Labute approximate surface area is 99.8 Å². The molecule has 0 heterocycles. The Morgan fingerprint density at radius 1 is 1.24 bits per heavy atom. The van der Waals surface area contributed by atoms with Crippen LogP contribution in [0, 0.1) is 0 Å². The van der Waals surface area contributed by atoms with Gasteiger partial charge in [0.15, 0.2) is 0 Å². The number of nitrogens with one attached hydrogen (secondary N) is 2. The molecule has 0 bridgehead atoms. The third-order valence-corrected chi connectivity index (χ3v) is 2.16. The largest absolute Gasteiger partial charge is 0.508 e. The average molecular weight is 236 g/mol. The van der Waals surface area contributed by atoms with E-state index < -0.39 is 0 Å². The highest BCUT2D eigenvalue weighted by molar-refractivity contribution is 5.94. The highest BCUT2D eigenvalue weighted by Gasteiger charge is 2.05. The Bertz CT molecular complexity index is 404. The molecule has 1 rings (SSSR count). The molecule has 2 amide bonds. The summed E-state index contributed by atoms with van der Waals surface area (Å²) < 4.78 is 0. The molecule has 0 fully saturated rings. The molecule has 5 nitrogen and oxygen atoms in total. The van der Waals surface area contributed by atoms with E-state index >= 15 is 0 Å². The molecular formula is C12H16N2O3. The summed E-state index contributed by atoms with van der Waals surface area (Å²) in [5, 5.41) is 14.5. The molecule has 92 valence electrons. The Hall–Kier alpha value is -2.04. The number of carbonyl (C=O) groups excluding carboxylic acids is 2. The molecule has 0 aliphatic heterocycles. The molecule has 0 aliphatic carbocycles. The van der Waals surface area contributed by atoms with E-state index in [1.54, 1.807) is 19.1 Å². The van der Waals surface area contributed by atoms with E-state index in [1.807, 2.05) is 0 Å². The van der Waals surface area contributed by atoms with Crippen LogP contribution < -0.4 is 10.6 Å². The first-order valence-corrected chi connectivity index (χ1v) is 5.47. The molecule has 0 unspecified atom stereocenters. The fourth-order valence-corrected chi connectivity index (χ4v) is 1.25. The van der Waals surface area contributed by atoms with Crippen LogP contribution in [0.4, 0.5) is 0 Å². The highest BCUT2D eigenvalue weighted by atomic mass is 16.3. The van der Waals surface area contributed by atoms with E-state index in [-0.39, 0.29) is 17.6 Å². The van der Waals surface area contributed by atoms with Crippen molar-refractivity contribution in [2.24, 2.45) is 0 Å². The number of benzene rings is 1. The second-order valence-electron chi connectivity index (χ2n) is 3.51. The molecule has 0 atom stereocenters. The lowest BCUT2D eigenvalue weighted by molar-refractivity contribution is -0.120. The maximum Gasteiger partial charge on any atom is 0.251 e. The van der Waals surface area contributed by atoms with Crippen LogP contribution in [-0.4, -0.2) is 30.0 Å². The van der Waals surface area contributed by atoms with Crippen molar-refractivity contribution < 1.29 is 14.7 Å². The summed E-state index contributed by atoms with van der Waals surface area (Å²) >= 11 is 0. The van der Waals surface area contributed by atoms with Crippen molar-refractivity contribution in [1.29, 1.82) is 0 Å². The van der Waals surface area contributed by atoms with Gasteiger partial charge >= 0.3 is 0 Å². The summed E-state index contributed by atoms with van der Waals surface area (Å²) in [6.07, 6.45) is 0.431. The van der Waals surface area contributed by atoms with Crippen LogP contribution in [-0.2, 0) is 4.79 Å². The van der Waals surface area contributed by atoms with Crippen molar-refractivity contribution in [3.63, 3.8) is 0 Å². The monoisotopic (exact) mass is 236 g/mol. The van der Waals surface area contributed by atoms with Crippen LogP contribution in [0.15, 0.2) is 24.3 Å². The van der Waals surface area contributed by atoms with Gasteiger partial charge in [-0.05, 0) is 18.2 Å². The predicted molar refractivity (Wildman–Crippen MR) is 63.7 cm³/mol. The number of phenolic OH excluding ortho intramolecular Hbond substituents is 1. The van der Waals surface area contributed by atoms with Gasteiger partial charge in [0.05, 0.1) is 0 Å². The first-order chi connectivity index (χ1) is 8.13. The van der Waals surface area contributed by atoms with Gasteiger partial charge in [-0.25, -0.2) is 0 Å². The van der Waals surface area contributed by atoms with Crippen molar-refractivity contribution in [1.82, 2.24) is 10.6 Å². The van der Waals surface area contributed by atoms with E-state index in [4.69, 9.17) is 0 Å². The van der Waals surface area contributed by atoms with Gasteiger partial charge in [-0.15, -0.1) is 0 Å². The minimum absolute atomic E-state index is 0.0448. The van der Waals surface area contributed by atoms with Crippen molar-refractivity contribution in [2.45, 2.75) is 13.3 Å². The van der Waals surface area contributed by atoms with E-state index in [1.165, 1.54) is 12.1 Å². The first-order valence-electron chi connectivity index (χ1n) is 5.47. The Kier molecular flexibility index (Phi) is 5.00. The number of phenols is 1. The third-order valence-electron chi connectivity index (χ3n) is 2.16. The maximum absolute atomic E-state index is 11.6. The van der Waals surface area contributed by atoms with Crippen LogP contribution in [0.1, 0.15) is 23.7 Å². The van der Waals surface area contributed by atoms with E-state index in [9.17, 15) is 14.7 Å². The molecule has 0 spiro atoms. The lowest BCUT2D eigenvalue weighted by Crippen LogP contribution is -2.34. The number of amides is 2. The van der Waals surface area contributed by atoms with Crippen LogP contribution in [0.3, 0.4) is 0 Å². The van der Waals surface area contributed by atoms with Gasteiger partial charge in [-0.1, -0.05) is 13.0 Å². The molecule has 0 saturated carbocycles. The van der Waals surface area contributed by atoms with Gasteiger partial charge in [0, 0.05) is 25.1 Å². The first kappa shape index (κ1) is 13.0. The van der Waals surface area contributed by atoms with Crippen molar-refractivity contribution in [3.8, 4) is 5.75 Å². The summed E-state index contributed by atoms with van der Waals surface area (Å²) in [6, 6.07) is 6.10. The smallest absolute Gasteiger partial charge is 0.251 e. The Balaban J connectivity index is 2.33. The van der Waals surface area contributed by atoms with E-state index in [0.717, 1.165) is 0 Å². The fourth-order valence-electron chi connectivity index (χ4n) is 1.25. The van der Waals surface area contributed by atoms with Gasteiger partial charge in [0.25, 0.3) is 5.91 Å². The molecule has 0 aromatic heterocycles. The van der Waals surface area contributed by atoms with Crippen LogP contribution in [0.2, 0.25) is 0 Å². The van der Waals surface area contributed by atoms with Crippen LogP contribution in [0.25, 0.3) is 0 Å². The molecule has 3 N–H and O–H groups in total. The van der Waals surface area contributed by atoms with E-state index in [2.05, 4.69) is 10.6 Å². The number of carbonyl (C=O) groups is 2. The zero-order chi connectivity index (χ0) is 12.7. The SMILES string of the molecule is CCC(=O)NCCNC(=O)c1cccc(O)c1. The fraction of sp³-hybridized carbons (Fsp3) is 0.333. The van der Waals surface area contributed by atoms with Gasteiger partial charge in [0.1, 0.15) is 5.75 Å². The number of hydrogen-bond donors (Lipinski definition) is 3. The number of rotatable bonds is 5. The molecule has 0 saturated heterocycles. The highest BCUT2D eigenvalue weighted by Crippen LogP contribution is 2.10. The molecule has 17 heavy (non-hydrogen) atoms. The van der Waals surface area contributed by atoms with Gasteiger partial charge < -0.3 is 15.7 Å². The molecule has 0 aliphatic rings.